The van der Waals surface area contributed by atoms with Crippen LogP contribution in [0, 0.1) is 5.41 Å². The van der Waals surface area contributed by atoms with Crippen molar-refractivity contribution in [1.29, 1.82) is 0 Å². The van der Waals surface area contributed by atoms with Gasteiger partial charge in [-0.05, 0) is 20.8 Å². The molecule has 1 saturated heterocycles. The van der Waals surface area contributed by atoms with E-state index in [0.29, 0.717) is 13.0 Å². The molecule has 74 valence electrons. The van der Waals surface area contributed by atoms with Gasteiger partial charge in [-0.2, -0.15) is 0 Å². The zero-order chi connectivity index (χ0) is 10.1. The van der Waals surface area contributed by atoms with E-state index in [1.807, 2.05) is 0 Å². The first-order chi connectivity index (χ1) is 5.91. The van der Waals surface area contributed by atoms with Gasteiger partial charge in [0, 0.05) is 6.42 Å². The molecule has 0 aliphatic carbocycles. The number of hydrogen-bond donors (Lipinski definition) is 0. The molecule has 1 aliphatic heterocycles. The third kappa shape index (κ3) is 2.44. The summed E-state index contributed by atoms with van der Waals surface area (Å²) in [6.07, 6.45) is -0.215. The van der Waals surface area contributed by atoms with Crippen molar-refractivity contribution < 1.29 is 19.1 Å². The van der Waals surface area contributed by atoms with Crippen molar-refractivity contribution in [3.8, 4) is 0 Å². The molecule has 1 aliphatic rings. The molecule has 0 aromatic carbocycles. The van der Waals surface area contributed by atoms with Crippen LogP contribution in [0.2, 0.25) is 0 Å². The van der Waals surface area contributed by atoms with Crippen molar-refractivity contribution in [1.82, 2.24) is 0 Å². The normalized spacial score (nSPS) is 22.7. The van der Waals surface area contributed by atoms with Crippen LogP contribution in [0.5, 0.6) is 0 Å². The summed E-state index contributed by atoms with van der Waals surface area (Å²) < 4.78 is 9.64. The maximum absolute atomic E-state index is 11.3. The first-order valence-corrected chi connectivity index (χ1v) is 4.29. The highest BCUT2D eigenvalue weighted by Gasteiger charge is 2.33. The summed E-state index contributed by atoms with van der Waals surface area (Å²) in [6, 6.07) is 0. The largest absolute Gasteiger partial charge is 0.463 e. The maximum atomic E-state index is 11.3. The van der Waals surface area contributed by atoms with Gasteiger partial charge in [-0.15, -0.1) is 0 Å². The number of ether oxygens (including phenoxy) is 2. The zero-order valence-electron chi connectivity index (χ0n) is 8.12. The van der Waals surface area contributed by atoms with Crippen LogP contribution in [0.15, 0.2) is 0 Å². The Morgan fingerprint density at radius 1 is 1.54 bits per heavy atom. The third-order valence-electron chi connectivity index (χ3n) is 1.75. The number of hydrogen-bond acceptors (Lipinski definition) is 4. The first-order valence-electron chi connectivity index (χ1n) is 4.29. The van der Waals surface area contributed by atoms with Crippen LogP contribution in [0.3, 0.4) is 0 Å². The van der Waals surface area contributed by atoms with E-state index in [-0.39, 0.29) is 5.97 Å². The molecule has 1 unspecified atom stereocenters. The molecule has 0 amide bonds. The van der Waals surface area contributed by atoms with E-state index >= 15 is 0 Å². The summed E-state index contributed by atoms with van der Waals surface area (Å²) in [7, 11) is 0. The SMILES string of the molecule is CC(C)(C)C(=O)OC1CCOC1=O. The van der Waals surface area contributed by atoms with E-state index in [1.54, 1.807) is 20.8 Å². The second kappa shape index (κ2) is 3.36. The predicted molar refractivity (Wildman–Crippen MR) is 44.9 cm³/mol. The Kier molecular flexibility index (Phi) is 2.59. The summed E-state index contributed by atoms with van der Waals surface area (Å²) in [5.41, 5.74) is -0.567. The van der Waals surface area contributed by atoms with Crippen molar-refractivity contribution in [2.24, 2.45) is 5.41 Å². The van der Waals surface area contributed by atoms with Gasteiger partial charge in [-0.1, -0.05) is 0 Å². The average molecular weight is 186 g/mol. The van der Waals surface area contributed by atoms with Crippen molar-refractivity contribution in [3.63, 3.8) is 0 Å². The van der Waals surface area contributed by atoms with Gasteiger partial charge < -0.3 is 9.47 Å². The average Bonchev–Trinajstić information content (AvgIpc) is 2.34. The molecule has 1 fully saturated rings. The van der Waals surface area contributed by atoms with Gasteiger partial charge in [0.2, 0.25) is 6.10 Å². The van der Waals surface area contributed by atoms with Gasteiger partial charge in [-0.25, -0.2) is 4.79 Å². The van der Waals surface area contributed by atoms with Crippen LogP contribution < -0.4 is 0 Å². The Labute approximate surface area is 77.2 Å². The summed E-state index contributed by atoms with van der Waals surface area (Å²) in [5, 5.41) is 0. The standard InChI is InChI=1S/C9H14O4/c1-9(2,3)8(11)13-6-4-5-12-7(6)10/h6H,4-5H2,1-3H3. The molecule has 13 heavy (non-hydrogen) atoms. The minimum absolute atomic E-state index is 0.348. The summed E-state index contributed by atoms with van der Waals surface area (Å²) in [6.45, 7) is 5.59. The quantitative estimate of drug-likeness (QED) is 0.571. The summed E-state index contributed by atoms with van der Waals surface area (Å²) in [4.78, 5) is 22.3. The third-order valence-corrected chi connectivity index (χ3v) is 1.75. The molecule has 0 aromatic rings. The van der Waals surface area contributed by atoms with Crippen molar-refractivity contribution in [2.75, 3.05) is 6.61 Å². The van der Waals surface area contributed by atoms with E-state index in [1.165, 1.54) is 0 Å². The lowest BCUT2D eigenvalue weighted by molar-refractivity contribution is -0.166. The number of carbonyl (C=O) groups excluding carboxylic acids is 2. The Morgan fingerprint density at radius 2 is 2.15 bits per heavy atom. The van der Waals surface area contributed by atoms with Gasteiger partial charge in [0.15, 0.2) is 0 Å². The molecule has 0 saturated carbocycles. The molecular formula is C9H14O4. The van der Waals surface area contributed by atoms with E-state index in [0.717, 1.165) is 0 Å². The Morgan fingerprint density at radius 3 is 2.54 bits per heavy atom. The summed E-state index contributed by atoms with van der Waals surface area (Å²) in [5.74, 6) is -0.797. The van der Waals surface area contributed by atoms with E-state index in [9.17, 15) is 9.59 Å². The van der Waals surface area contributed by atoms with Crippen molar-refractivity contribution in [3.05, 3.63) is 0 Å². The van der Waals surface area contributed by atoms with E-state index in [2.05, 4.69) is 4.74 Å². The Balaban J connectivity index is 2.49. The highest BCUT2D eigenvalue weighted by atomic mass is 16.6. The fourth-order valence-corrected chi connectivity index (χ4v) is 0.890. The number of cyclic esters (lactones) is 1. The molecule has 0 aromatic heterocycles. The van der Waals surface area contributed by atoms with Gasteiger partial charge in [-0.3, -0.25) is 4.79 Å². The maximum Gasteiger partial charge on any atom is 0.347 e. The monoisotopic (exact) mass is 186 g/mol. The van der Waals surface area contributed by atoms with Crippen LogP contribution in [-0.2, 0) is 19.1 Å². The second-order valence-electron chi connectivity index (χ2n) is 4.10. The molecular weight excluding hydrogens is 172 g/mol. The Hall–Kier alpha value is -1.06. The minimum atomic E-state index is -0.688. The molecule has 4 heteroatoms. The van der Waals surface area contributed by atoms with Gasteiger partial charge in [0.25, 0.3) is 0 Å². The predicted octanol–water partition coefficient (Wildman–Crippen LogP) is 0.891. The molecule has 0 N–H and O–H groups in total. The smallest absolute Gasteiger partial charge is 0.347 e. The molecule has 1 rings (SSSR count). The molecule has 4 nitrogen and oxygen atoms in total. The lowest BCUT2D eigenvalue weighted by Gasteiger charge is -2.18. The van der Waals surface area contributed by atoms with Crippen LogP contribution >= 0.6 is 0 Å². The topological polar surface area (TPSA) is 52.6 Å². The second-order valence-corrected chi connectivity index (χ2v) is 4.10. The van der Waals surface area contributed by atoms with Crippen molar-refractivity contribution in [2.45, 2.75) is 33.3 Å². The van der Waals surface area contributed by atoms with Crippen LogP contribution in [0.25, 0.3) is 0 Å². The van der Waals surface area contributed by atoms with E-state index < -0.39 is 17.5 Å². The van der Waals surface area contributed by atoms with E-state index in [4.69, 9.17) is 4.74 Å². The van der Waals surface area contributed by atoms with Gasteiger partial charge in [0.05, 0.1) is 12.0 Å². The highest BCUT2D eigenvalue weighted by molar-refractivity contribution is 5.82. The van der Waals surface area contributed by atoms with Crippen LogP contribution in [0.1, 0.15) is 27.2 Å². The summed E-state index contributed by atoms with van der Waals surface area (Å²) >= 11 is 0. The number of rotatable bonds is 1. The fraction of sp³-hybridized carbons (Fsp3) is 0.778. The number of esters is 2. The Bertz CT molecular complexity index is 226. The van der Waals surface area contributed by atoms with Crippen molar-refractivity contribution >= 4 is 11.9 Å². The van der Waals surface area contributed by atoms with Gasteiger partial charge >= 0.3 is 11.9 Å². The minimum Gasteiger partial charge on any atom is -0.463 e. The van der Waals surface area contributed by atoms with Crippen LogP contribution in [0.4, 0.5) is 0 Å². The molecule has 0 bridgehead atoms. The zero-order valence-corrected chi connectivity index (χ0v) is 8.12. The molecule has 0 radical (unpaired) electrons. The fourth-order valence-electron chi connectivity index (χ4n) is 0.890. The van der Waals surface area contributed by atoms with Gasteiger partial charge in [0.1, 0.15) is 0 Å². The lowest BCUT2D eigenvalue weighted by Crippen LogP contribution is -2.30. The molecule has 0 spiro atoms. The number of carbonyl (C=O) groups is 2. The highest BCUT2D eigenvalue weighted by Crippen LogP contribution is 2.19. The van der Waals surface area contributed by atoms with Crippen LogP contribution in [-0.4, -0.2) is 24.6 Å². The molecule has 1 heterocycles. The first kappa shape index (κ1) is 10.0. The lowest BCUT2D eigenvalue weighted by atomic mass is 9.97. The molecule has 1 atom stereocenters.